The van der Waals surface area contributed by atoms with Crippen molar-refractivity contribution in [1.82, 2.24) is 0 Å². The first-order chi connectivity index (χ1) is 6.15. The van der Waals surface area contributed by atoms with Gasteiger partial charge in [0.15, 0.2) is 0 Å². The van der Waals surface area contributed by atoms with E-state index in [4.69, 9.17) is 0 Å². The maximum Gasteiger partial charge on any atom is -0.0124 e. The molecule has 0 bridgehead atoms. The zero-order valence-corrected chi connectivity index (χ0v) is 8.85. The molecule has 0 saturated carbocycles. The summed E-state index contributed by atoms with van der Waals surface area (Å²) in [6.07, 6.45) is 8.85. The van der Waals surface area contributed by atoms with Gasteiger partial charge < -0.3 is 0 Å². The zero-order chi connectivity index (χ0) is 9.84. The minimum absolute atomic E-state index is 1.08. The van der Waals surface area contributed by atoms with Crippen LogP contribution in [0.4, 0.5) is 0 Å². The van der Waals surface area contributed by atoms with Crippen LogP contribution in [0.1, 0.15) is 33.6 Å². The van der Waals surface area contributed by atoms with Gasteiger partial charge in [0, 0.05) is 0 Å². The molecule has 1 rings (SSSR count). The first-order valence-corrected chi connectivity index (χ1v) is 4.88. The Hall–Kier alpha value is -1.04. The SMILES string of the molecule is C=C(C)C1=C(CC)CC=C(C)C=C1. The summed E-state index contributed by atoms with van der Waals surface area (Å²) in [6, 6.07) is 0. The van der Waals surface area contributed by atoms with Gasteiger partial charge in [0.2, 0.25) is 0 Å². The fourth-order valence-corrected chi connectivity index (χ4v) is 1.57. The van der Waals surface area contributed by atoms with Crippen LogP contribution in [0, 0.1) is 0 Å². The van der Waals surface area contributed by atoms with Gasteiger partial charge in [0.1, 0.15) is 0 Å². The van der Waals surface area contributed by atoms with Gasteiger partial charge in [-0.2, -0.15) is 0 Å². The molecule has 0 fully saturated rings. The van der Waals surface area contributed by atoms with Gasteiger partial charge in [0.05, 0.1) is 0 Å². The van der Waals surface area contributed by atoms with E-state index in [1.54, 1.807) is 0 Å². The molecule has 1 aliphatic rings. The van der Waals surface area contributed by atoms with E-state index in [1.165, 1.54) is 22.3 Å². The van der Waals surface area contributed by atoms with E-state index in [-0.39, 0.29) is 0 Å². The monoisotopic (exact) mass is 174 g/mol. The fourth-order valence-electron chi connectivity index (χ4n) is 1.57. The van der Waals surface area contributed by atoms with E-state index >= 15 is 0 Å². The second-order valence-electron chi connectivity index (χ2n) is 3.64. The van der Waals surface area contributed by atoms with Crippen LogP contribution in [0.5, 0.6) is 0 Å². The molecule has 0 heterocycles. The van der Waals surface area contributed by atoms with Gasteiger partial charge in [-0.15, -0.1) is 0 Å². The standard InChI is InChI=1S/C13H18/c1-5-12-8-6-11(4)7-9-13(12)10(2)3/h6-7,9H,2,5,8H2,1,3-4H3. The van der Waals surface area contributed by atoms with Gasteiger partial charge in [-0.3, -0.25) is 0 Å². The summed E-state index contributed by atoms with van der Waals surface area (Å²) in [5.41, 5.74) is 5.37. The van der Waals surface area contributed by atoms with E-state index in [0.717, 1.165) is 12.8 Å². The molecule has 0 spiro atoms. The normalized spacial score (nSPS) is 17.0. The van der Waals surface area contributed by atoms with Crippen molar-refractivity contribution in [2.75, 3.05) is 0 Å². The molecule has 0 aliphatic heterocycles. The molecule has 0 radical (unpaired) electrons. The largest absolute Gasteiger partial charge is 0.0955 e. The molecular formula is C13H18. The molecule has 0 saturated heterocycles. The second-order valence-corrected chi connectivity index (χ2v) is 3.64. The van der Waals surface area contributed by atoms with Gasteiger partial charge in [-0.05, 0) is 32.3 Å². The Bertz CT molecular complexity index is 298. The Morgan fingerprint density at radius 2 is 2.15 bits per heavy atom. The summed E-state index contributed by atoms with van der Waals surface area (Å²) in [4.78, 5) is 0. The lowest BCUT2D eigenvalue weighted by molar-refractivity contribution is 1.01. The maximum absolute atomic E-state index is 4.01. The molecule has 0 nitrogen and oxygen atoms in total. The van der Waals surface area contributed by atoms with E-state index in [9.17, 15) is 0 Å². The molecule has 0 atom stereocenters. The molecule has 0 amide bonds. The summed E-state index contributed by atoms with van der Waals surface area (Å²) in [5.74, 6) is 0. The number of allylic oxidation sites excluding steroid dienone is 7. The molecule has 0 aromatic heterocycles. The van der Waals surface area contributed by atoms with Crippen LogP contribution in [0.2, 0.25) is 0 Å². The molecule has 0 aromatic carbocycles. The average molecular weight is 174 g/mol. The van der Waals surface area contributed by atoms with Crippen LogP contribution in [0.3, 0.4) is 0 Å². The third-order valence-corrected chi connectivity index (χ3v) is 2.45. The van der Waals surface area contributed by atoms with E-state index in [1.807, 2.05) is 0 Å². The summed E-state index contributed by atoms with van der Waals surface area (Å²) >= 11 is 0. The molecular weight excluding hydrogens is 156 g/mol. The summed E-state index contributed by atoms with van der Waals surface area (Å²) in [5, 5.41) is 0. The quantitative estimate of drug-likeness (QED) is 0.589. The lowest BCUT2D eigenvalue weighted by Crippen LogP contribution is -1.87. The summed E-state index contributed by atoms with van der Waals surface area (Å²) in [7, 11) is 0. The van der Waals surface area contributed by atoms with Crippen molar-refractivity contribution in [2.45, 2.75) is 33.6 Å². The fraction of sp³-hybridized carbons (Fsp3) is 0.385. The second kappa shape index (κ2) is 4.27. The molecule has 0 unspecified atom stereocenters. The molecule has 1 aliphatic carbocycles. The van der Waals surface area contributed by atoms with Crippen LogP contribution >= 0.6 is 0 Å². The zero-order valence-electron chi connectivity index (χ0n) is 8.85. The van der Waals surface area contributed by atoms with Crippen molar-refractivity contribution in [3.8, 4) is 0 Å². The predicted molar refractivity (Wildman–Crippen MR) is 59.6 cm³/mol. The van der Waals surface area contributed by atoms with E-state index in [2.05, 4.69) is 45.6 Å². The third-order valence-electron chi connectivity index (χ3n) is 2.45. The highest BCUT2D eigenvalue weighted by Gasteiger charge is 2.04. The van der Waals surface area contributed by atoms with Gasteiger partial charge >= 0.3 is 0 Å². The molecule has 0 heteroatoms. The van der Waals surface area contributed by atoms with Crippen LogP contribution in [0.25, 0.3) is 0 Å². The van der Waals surface area contributed by atoms with E-state index in [0.29, 0.717) is 0 Å². The van der Waals surface area contributed by atoms with E-state index < -0.39 is 0 Å². The Labute approximate surface area is 81.4 Å². The minimum atomic E-state index is 1.08. The average Bonchev–Trinajstić information content (AvgIpc) is 2.26. The van der Waals surface area contributed by atoms with Crippen molar-refractivity contribution in [3.05, 3.63) is 47.1 Å². The van der Waals surface area contributed by atoms with Crippen LogP contribution in [-0.4, -0.2) is 0 Å². The van der Waals surface area contributed by atoms with Crippen molar-refractivity contribution in [2.24, 2.45) is 0 Å². The first kappa shape index (κ1) is 10.0. The highest BCUT2D eigenvalue weighted by molar-refractivity contribution is 5.45. The van der Waals surface area contributed by atoms with Gasteiger partial charge in [-0.25, -0.2) is 0 Å². The first-order valence-electron chi connectivity index (χ1n) is 4.88. The number of rotatable bonds is 2. The van der Waals surface area contributed by atoms with Crippen molar-refractivity contribution in [1.29, 1.82) is 0 Å². The van der Waals surface area contributed by atoms with Gasteiger partial charge in [-0.1, -0.05) is 48.5 Å². The minimum Gasteiger partial charge on any atom is -0.0955 e. The number of hydrogen-bond acceptors (Lipinski definition) is 0. The van der Waals surface area contributed by atoms with Crippen molar-refractivity contribution >= 4 is 0 Å². The topological polar surface area (TPSA) is 0 Å². The smallest absolute Gasteiger partial charge is 0.0124 e. The lowest BCUT2D eigenvalue weighted by atomic mass is 9.98. The van der Waals surface area contributed by atoms with Crippen LogP contribution in [-0.2, 0) is 0 Å². The molecule has 13 heavy (non-hydrogen) atoms. The highest BCUT2D eigenvalue weighted by Crippen LogP contribution is 2.24. The third kappa shape index (κ3) is 2.45. The van der Waals surface area contributed by atoms with Crippen LogP contribution < -0.4 is 0 Å². The summed E-state index contributed by atoms with van der Waals surface area (Å²) < 4.78 is 0. The number of hydrogen-bond donors (Lipinski definition) is 0. The highest BCUT2D eigenvalue weighted by atomic mass is 14.1. The van der Waals surface area contributed by atoms with Crippen molar-refractivity contribution in [3.63, 3.8) is 0 Å². The Balaban J connectivity index is 3.05. The summed E-state index contributed by atoms with van der Waals surface area (Å²) in [6.45, 7) is 10.4. The molecule has 0 N–H and O–H groups in total. The van der Waals surface area contributed by atoms with Gasteiger partial charge in [0.25, 0.3) is 0 Å². The maximum atomic E-state index is 4.01. The molecule has 70 valence electrons. The lowest BCUT2D eigenvalue weighted by Gasteiger charge is -2.07. The predicted octanol–water partition coefficient (Wildman–Crippen LogP) is 4.18. The Morgan fingerprint density at radius 1 is 1.46 bits per heavy atom. The Morgan fingerprint density at radius 3 is 2.69 bits per heavy atom. The molecule has 0 aromatic rings. The van der Waals surface area contributed by atoms with Crippen LogP contribution in [0.15, 0.2) is 47.1 Å². The van der Waals surface area contributed by atoms with Crippen molar-refractivity contribution < 1.29 is 0 Å². The Kier molecular flexibility index (Phi) is 3.30.